The predicted molar refractivity (Wildman–Crippen MR) is 60.9 cm³/mol. The van der Waals surface area contributed by atoms with Gasteiger partial charge in [0.2, 0.25) is 5.88 Å². The van der Waals surface area contributed by atoms with Crippen molar-refractivity contribution in [1.82, 2.24) is 10.1 Å². The van der Waals surface area contributed by atoms with E-state index in [9.17, 15) is 0 Å². The molecule has 0 aliphatic rings. The van der Waals surface area contributed by atoms with Crippen molar-refractivity contribution in [3.8, 4) is 10.6 Å². The van der Waals surface area contributed by atoms with Crippen molar-refractivity contribution in [2.75, 3.05) is 5.73 Å². The third-order valence-corrected chi connectivity index (χ3v) is 3.37. The number of thiazole rings is 1. The van der Waals surface area contributed by atoms with Crippen molar-refractivity contribution in [2.45, 2.75) is 27.2 Å². The first-order valence-corrected chi connectivity index (χ1v) is 5.63. The van der Waals surface area contributed by atoms with Crippen molar-refractivity contribution in [1.29, 1.82) is 0 Å². The molecular weight excluding hydrogens is 210 g/mol. The highest BCUT2D eigenvalue weighted by Crippen LogP contribution is 2.33. The van der Waals surface area contributed by atoms with E-state index in [1.807, 2.05) is 20.8 Å². The summed E-state index contributed by atoms with van der Waals surface area (Å²) >= 11 is 1.62. The quantitative estimate of drug-likeness (QED) is 0.849. The lowest BCUT2D eigenvalue weighted by Crippen LogP contribution is -1.89. The monoisotopic (exact) mass is 223 g/mol. The summed E-state index contributed by atoms with van der Waals surface area (Å²) in [5.74, 6) is 0.415. The third kappa shape index (κ3) is 1.63. The highest BCUT2D eigenvalue weighted by molar-refractivity contribution is 7.15. The first-order valence-electron chi connectivity index (χ1n) is 4.82. The molecule has 2 heterocycles. The van der Waals surface area contributed by atoms with E-state index < -0.39 is 0 Å². The fraction of sp³-hybridized carbons (Fsp3) is 0.400. The number of hydrogen-bond donors (Lipinski definition) is 1. The average molecular weight is 223 g/mol. The van der Waals surface area contributed by atoms with E-state index >= 15 is 0 Å². The number of nitrogens with zero attached hydrogens (tertiary/aromatic N) is 2. The van der Waals surface area contributed by atoms with Crippen molar-refractivity contribution in [3.05, 3.63) is 16.3 Å². The maximum absolute atomic E-state index is 5.70. The molecule has 15 heavy (non-hydrogen) atoms. The van der Waals surface area contributed by atoms with Crippen LogP contribution in [0, 0.1) is 13.8 Å². The van der Waals surface area contributed by atoms with Gasteiger partial charge < -0.3 is 10.3 Å². The smallest absolute Gasteiger partial charge is 0.225 e. The predicted octanol–water partition coefficient (Wildman–Crippen LogP) is 2.56. The van der Waals surface area contributed by atoms with Crippen LogP contribution in [0.1, 0.15) is 23.2 Å². The summed E-state index contributed by atoms with van der Waals surface area (Å²) in [5.41, 5.74) is 8.51. The first-order chi connectivity index (χ1) is 7.13. The van der Waals surface area contributed by atoms with E-state index in [0.717, 1.165) is 33.3 Å². The molecule has 5 heteroatoms. The lowest BCUT2D eigenvalue weighted by atomic mass is 10.1. The van der Waals surface area contributed by atoms with Crippen molar-refractivity contribution < 1.29 is 4.52 Å². The van der Waals surface area contributed by atoms with Gasteiger partial charge in [0.25, 0.3) is 0 Å². The van der Waals surface area contributed by atoms with Gasteiger partial charge in [0.15, 0.2) is 0 Å². The van der Waals surface area contributed by atoms with Crippen molar-refractivity contribution >= 4 is 17.2 Å². The molecule has 0 radical (unpaired) electrons. The summed E-state index contributed by atoms with van der Waals surface area (Å²) < 4.78 is 5.01. The molecule has 0 saturated heterocycles. The minimum Gasteiger partial charge on any atom is -0.367 e. The first kappa shape index (κ1) is 10.2. The standard InChI is InChI=1S/C10H13N3OS/c1-4-7-8(13-14-10(7)11)9-5(2)12-6(3)15-9/h4,11H2,1-3H3. The van der Waals surface area contributed by atoms with Crippen molar-refractivity contribution in [3.63, 3.8) is 0 Å². The molecule has 4 nitrogen and oxygen atoms in total. The average Bonchev–Trinajstić information content (AvgIpc) is 2.69. The maximum atomic E-state index is 5.70. The Bertz CT molecular complexity index is 487. The second kappa shape index (κ2) is 3.66. The minimum atomic E-state index is 0.415. The van der Waals surface area contributed by atoms with Gasteiger partial charge in [-0.2, -0.15) is 0 Å². The lowest BCUT2D eigenvalue weighted by molar-refractivity contribution is 0.438. The van der Waals surface area contributed by atoms with Gasteiger partial charge >= 0.3 is 0 Å². The van der Waals surface area contributed by atoms with Gasteiger partial charge in [-0.25, -0.2) is 4.98 Å². The lowest BCUT2D eigenvalue weighted by Gasteiger charge is -1.95. The number of hydrogen-bond acceptors (Lipinski definition) is 5. The molecule has 0 spiro atoms. The largest absolute Gasteiger partial charge is 0.367 e. The molecule has 2 aromatic rings. The van der Waals surface area contributed by atoms with Crippen LogP contribution in [0.5, 0.6) is 0 Å². The zero-order chi connectivity index (χ0) is 11.0. The molecule has 0 aromatic carbocycles. The molecule has 2 aromatic heterocycles. The maximum Gasteiger partial charge on any atom is 0.225 e. The number of nitrogens with two attached hydrogens (primary N) is 1. The molecule has 2 N–H and O–H groups in total. The van der Waals surface area contributed by atoms with Crippen LogP contribution < -0.4 is 5.73 Å². The van der Waals surface area contributed by atoms with Gasteiger partial charge in [0.05, 0.1) is 15.6 Å². The Morgan fingerprint density at radius 2 is 2.13 bits per heavy atom. The van der Waals surface area contributed by atoms with Crippen LogP contribution >= 0.6 is 11.3 Å². The topological polar surface area (TPSA) is 64.9 Å². The Morgan fingerprint density at radius 3 is 2.67 bits per heavy atom. The number of anilines is 1. The third-order valence-electron chi connectivity index (χ3n) is 2.29. The number of nitrogen functional groups attached to an aromatic ring is 1. The van der Waals surface area contributed by atoms with Crippen LogP contribution in [0.15, 0.2) is 4.52 Å². The zero-order valence-electron chi connectivity index (χ0n) is 9.00. The van der Waals surface area contributed by atoms with Gasteiger partial charge in [-0.3, -0.25) is 0 Å². The molecule has 0 amide bonds. The molecule has 0 atom stereocenters. The van der Waals surface area contributed by atoms with Gasteiger partial charge in [-0.1, -0.05) is 12.1 Å². The van der Waals surface area contributed by atoms with E-state index in [1.165, 1.54) is 0 Å². The number of rotatable bonds is 2. The SMILES string of the molecule is CCc1c(-c2sc(C)nc2C)noc1N. The summed E-state index contributed by atoms with van der Waals surface area (Å²) in [5, 5.41) is 5.03. The molecule has 0 saturated carbocycles. The molecule has 0 bridgehead atoms. The normalized spacial score (nSPS) is 10.9. The van der Waals surface area contributed by atoms with Crippen molar-refractivity contribution in [2.24, 2.45) is 0 Å². The van der Waals surface area contributed by atoms with Crippen LogP contribution in [-0.2, 0) is 6.42 Å². The number of aryl methyl sites for hydroxylation is 2. The van der Waals surface area contributed by atoms with E-state index in [2.05, 4.69) is 10.1 Å². The van der Waals surface area contributed by atoms with Crippen LogP contribution in [0.2, 0.25) is 0 Å². The molecule has 0 unspecified atom stereocenters. The zero-order valence-corrected chi connectivity index (χ0v) is 9.81. The Balaban J connectivity index is 2.58. The highest BCUT2D eigenvalue weighted by atomic mass is 32.1. The van der Waals surface area contributed by atoms with Gasteiger partial charge in [0, 0.05) is 5.56 Å². The van der Waals surface area contributed by atoms with E-state index in [-0.39, 0.29) is 0 Å². The van der Waals surface area contributed by atoms with Crippen LogP contribution in [0.3, 0.4) is 0 Å². The summed E-state index contributed by atoms with van der Waals surface area (Å²) in [4.78, 5) is 5.43. The molecule has 0 fully saturated rings. The van der Waals surface area contributed by atoms with E-state index in [4.69, 9.17) is 10.3 Å². The van der Waals surface area contributed by atoms with Crippen LogP contribution in [0.25, 0.3) is 10.6 Å². The number of aromatic nitrogens is 2. The Labute approximate surface area is 92.1 Å². The second-order valence-electron chi connectivity index (χ2n) is 3.37. The summed E-state index contributed by atoms with van der Waals surface area (Å²) in [6, 6.07) is 0. The second-order valence-corrected chi connectivity index (χ2v) is 4.58. The highest BCUT2D eigenvalue weighted by Gasteiger charge is 2.18. The van der Waals surface area contributed by atoms with E-state index in [1.54, 1.807) is 11.3 Å². The minimum absolute atomic E-state index is 0.415. The fourth-order valence-electron chi connectivity index (χ4n) is 1.59. The summed E-state index contributed by atoms with van der Waals surface area (Å²) in [6.07, 6.45) is 0.820. The van der Waals surface area contributed by atoms with Gasteiger partial charge in [0.1, 0.15) is 5.69 Å². The summed E-state index contributed by atoms with van der Waals surface area (Å²) in [7, 11) is 0. The Hall–Kier alpha value is -1.36. The summed E-state index contributed by atoms with van der Waals surface area (Å²) in [6.45, 7) is 6.00. The molecule has 2 rings (SSSR count). The van der Waals surface area contributed by atoms with E-state index in [0.29, 0.717) is 5.88 Å². The van der Waals surface area contributed by atoms with Gasteiger partial charge in [-0.05, 0) is 20.3 Å². The molecular formula is C10H13N3OS. The molecule has 80 valence electrons. The van der Waals surface area contributed by atoms with Gasteiger partial charge in [-0.15, -0.1) is 11.3 Å². The molecule has 0 aliphatic heterocycles. The Morgan fingerprint density at radius 1 is 1.40 bits per heavy atom. The Kier molecular flexibility index (Phi) is 2.48. The van der Waals surface area contributed by atoms with Crippen LogP contribution in [-0.4, -0.2) is 10.1 Å². The van der Waals surface area contributed by atoms with Crippen LogP contribution in [0.4, 0.5) is 5.88 Å². The fourth-order valence-corrected chi connectivity index (χ4v) is 2.52. The molecule has 0 aliphatic carbocycles.